The zero-order chi connectivity index (χ0) is 12.6. The van der Waals surface area contributed by atoms with Crippen LogP contribution in [-0.4, -0.2) is 42.7 Å². The van der Waals surface area contributed by atoms with Gasteiger partial charge < -0.3 is 15.2 Å². The Morgan fingerprint density at radius 2 is 2.06 bits per heavy atom. The van der Waals surface area contributed by atoms with Crippen molar-refractivity contribution in [1.29, 1.82) is 0 Å². The van der Waals surface area contributed by atoms with Crippen LogP contribution in [-0.2, 0) is 14.3 Å². The Morgan fingerprint density at radius 3 is 2.50 bits per heavy atom. The second-order valence-electron chi connectivity index (χ2n) is 3.08. The normalized spacial score (nSPS) is 12.5. The first kappa shape index (κ1) is 14.8. The highest BCUT2D eigenvalue weighted by molar-refractivity contribution is 5.83. The molecule has 7 heteroatoms. The van der Waals surface area contributed by atoms with Crippen LogP contribution in [0, 0.1) is 0 Å². The van der Waals surface area contributed by atoms with E-state index in [-0.39, 0.29) is 19.4 Å². The first-order valence-electron chi connectivity index (χ1n) is 4.85. The minimum atomic E-state index is -2.56. The summed E-state index contributed by atoms with van der Waals surface area (Å²) in [5.74, 6) is -1.65. The van der Waals surface area contributed by atoms with Crippen molar-refractivity contribution in [2.75, 3.05) is 13.2 Å². The van der Waals surface area contributed by atoms with Crippen LogP contribution >= 0.6 is 0 Å². The molecular formula is C9H15F2NO4. The number of carboxylic acid groups (broad SMARTS) is 1. The van der Waals surface area contributed by atoms with Crippen LogP contribution in [0.15, 0.2) is 0 Å². The number of alkyl halides is 2. The summed E-state index contributed by atoms with van der Waals surface area (Å²) < 4.78 is 27.7. The molecule has 1 unspecified atom stereocenters. The first-order chi connectivity index (χ1) is 7.47. The van der Waals surface area contributed by atoms with Crippen molar-refractivity contribution in [3.63, 3.8) is 0 Å². The molecule has 94 valence electrons. The van der Waals surface area contributed by atoms with Crippen molar-refractivity contribution >= 4 is 11.9 Å². The number of ether oxygens (including phenoxy) is 1. The predicted molar refractivity (Wildman–Crippen MR) is 51.3 cm³/mol. The molecule has 0 saturated carbocycles. The van der Waals surface area contributed by atoms with Gasteiger partial charge in [0.15, 0.2) is 0 Å². The molecule has 2 N–H and O–H groups in total. The lowest BCUT2D eigenvalue weighted by Gasteiger charge is -2.12. The van der Waals surface area contributed by atoms with Crippen LogP contribution in [0.4, 0.5) is 8.78 Å². The predicted octanol–water partition coefficient (Wildman–Crippen LogP) is 0.638. The van der Waals surface area contributed by atoms with Gasteiger partial charge in [0.25, 0.3) is 6.43 Å². The van der Waals surface area contributed by atoms with Gasteiger partial charge in [-0.2, -0.15) is 0 Å². The third-order valence-corrected chi connectivity index (χ3v) is 1.76. The zero-order valence-corrected chi connectivity index (χ0v) is 8.91. The maximum absolute atomic E-state index is 11.6. The summed E-state index contributed by atoms with van der Waals surface area (Å²) in [6, 6.07) is -0.942. The van der Waals surface area contributed by atoms with Crippen molar-refractivity contribution in [3.05, 3.63) is 0 Å². The van der Waals surface area contributed by atoms with E-state index in [2.05, 4.69) is 10.1 Å². The van der Waals surface area contributed by atoms with E-state index in [0.29, 0.717) is 0 Å². The lowest BCUT2D eigenvalue weighted by molar-refractivity contribution is -0.142. The van der Waals surface area contributed by atoms with Gasteiger partial charge in [0, 0.05) is 6.42 Å². The molecule has 5 nitrogen and oxygen atoms in total. The van der Waals surface area contributed by atoms with Crippen molar-refractivity contribution in [3.8, 4) is 0 Å². The number of amides is 1. The molecule has 0 aromatic heterocycles. The number of rotatable bonds is 8. The summed E-state index contributed by atoms with van der Waals surface area (Å²) in [5, 5.41) is 10.9. The maximum Gasteiger partial charge on any atom is 0.326 e. The molecule has 0 aliphatic heterocycles. The number of carbonyl (C=O) groups excluding carboxylic acids is 1. The van der Waals surface area contributed by atoms with Crippen LogP contribution < -0.4 is 5.32 Å². The highest BCUT2D eigenvalue weighted by Crippen LogP contribution is 1.95. The number of carboxylic acids is 1. The number of hydrogen-bond donors (Lipinski definition) is 2. The molecule has 0 aromatic rings. The third kappa shape index (κ3) is 7.10. The van der Waals surface area contributed by atoms with Crippen LogP contribution in [0.1, 0.15) is 19.8 Å². The fourth-order valence-electron chi connectivity index (χ4n) is 0.942. The molecule has 0 heterocycles. The number of nitrogens with one attached hydrogen (secondary N) is 1. The average Bonchev–Trinajstić information content (AvgIpc) is 2.20. The molecule has 0 aliphatic rings. The minimum absolute atomic E-state index is 0.128. The molecule has 0 radical (unpaired) electrons. The standard InChI is InChI=1S/C9H15F2NO4/c1-2-6(9(14)15)12-8(13)3-4-16-5-7(10)11/h6-7H,2-5H2,1H3,(H,12,13)(H,14,15). The fraction of sp³-hybridized carbons (Fsp3) is 0.778. The van der Waals surface area contributed by atoms with E-state index in [1.165, 1.54) is 0 Å². The Hall–Kier alpha value is -1.24. The highest BCUT2D eigenvalue weighted by Gasteiger charge is 2.17. The molecule has 0 fully saturated rings. The smallest absolute Gasteiger partial charge is 0.326 e. The Morgan fingerprint density at radius 1 is 1.44 bits per heavy atom. The Labute approximate surface area is 91.8 Å². The van der Waals surface area contributed by atoms with Crippen molar-refractivity contribution < 1.29 is 28.2 Å². The van der Waals surface area contributed by atoms with Gasteiger partial charge in [0.2, 0.25) is 5.91 Å². The van der Waals surface area contributed by atoms with Crippen molar-refractivity contribution in [2.24, 2.45) is 0 Å². The van der Waals surface area contributed by atoms with Crippen LogP contribution in [0.5, 0.6) is 0 Å². The fourth-order valence-corrected chi connectivity index (χ4v) is 0.942. The molecule has 1 amide bonds. The molecule has 0 aromatic carbocycles. The Kier molecular flexibility index (Phi) is 7.36. The molecule has 0 aliphatic carbocycles. The lowest BCUT2D eigenvalue weighted by atomic mass is 10.2. The lowest BCUT2D eigenvalue weighted by Crippen LogP contribution is -2.40. The summed E-state index contributed by atoms with van der Waals surface area (Å²) in [5.41, 5.74) is 0. The molecule has 0 saturated heterocycles. The number of aliphatic carboxylic acids is 1. The van der Waals surface area contributed by atoms with E-state index >= 15 is 0 Å². The van der Waals surface area contributed by atoms with E-state index in [4.69, 9.17) is 5.11 Å². The average molecular weight is 239 g/mol. The van der Waals surface area contributed by atoms with Crippen molar-refractivity contribution in [1.82, 2.24) is 5.32 Å². The van der Waals surface area contributed by atoms with Crippen molar-refractivity contribution in [2.45, 2.75) is 32.2 Å². The number of carbonyl (C=O) groups is 2. The minimum Gasteiger partial charge on any atom is -0.480 e. The van der Waals surface area contributed by atoms with E-state index < -0.39 is 31.0 Å². The second kappa shape index (κ2) is 7.98. The summed E-state index contributed by atoms with van der Waals surface area (Å²) in [6.07, 6.45) is -2.43. The topological polar surface area (TPSA) is 75.6 Å². The first-order valence-corrected chi connectivity index (χ1v) is 4.85. The number of hydrogen-bond acceptors (Lipinski definition) is 3. The molecule has 0 rings (SSSR count). The van der Waals surface area contributed by atoms with E-state index in [9.17, 15) is 18.4 Å². The van der Waals surface area contributed by atoms with Gasteiger partial charge in [-0.3, -0.25) is 4.79 Å². The summed E-state index contributed by atoms with van der Waals surface area (Å²) >= 11 is 0. The monoisotopic (exact) mass is 239 g/mol. The van der Waals surface area contributed by atoms with E-state index in [1.807, 2.05) is 0 Å². The largest absolute Gasteiger partial charge is 0.480 e. The maximum atomic E-state index is 11.6. The summed E-state index contributed by atoms with van der Waals surface area (Å²) in [6.45, 7) is 0.752. The summed E-state index contributed by atoms with van der Waals surface area (Å²) in [4.78, 5) is 21.7. The van der Waals surface area contributed by atoms with E-state index in [1.54, 1.807) is 6.92 Å². The quantitative estimate of drug-likeness (QED) is 0.609. The van der Waals surface area contributed by atoms with Gasteiger partial charge in [-0.05, 0) is 6.42 Å². The molecule has 0 bridgehead atoms. The van der Waals surface area contributed by atoms with Gasteiger partial charge in [0.1, 0.15) is 12.6 Å². The Balaban J connectivity index is 3.69. The molecule has 0 spiro atoms. The Bertz CT molecular complexity index is 236. The van der Waals surface area contributed by atoms with Crippen LogP contribution in [0.25, 0.3) is 0 Å². The zero-order valence-electron chi connectivity index (χ0n) is 8.91. The van der Waals surface area contributed by atoms with Gasteiger partial charge in [0.05, 0.1) is 6.61 Å². The van der Waals surface area contributed by atoms with Gasteiger partial charge in [-0.15, -0.1) is 0 Å². The van der Waals surface area contributed by atoms with Gasteiger partial charge in [-0.25, -0.2) is 13.6 Å². The SMILES string of the molecule is CCC(NC(=O)CCOCC(F)F)C(=O)O. The highest BCUT2D eigenvalue weighted by atomic mass is 19.3. The van der Waals surface area contributed by atoms with Crippen LogP contribution in [0.2, 0.25) is 0 Å². The van der Waals surface area contributed by atoms with Gasteiger partial charge in [-0.1, -0.05) is 6.92 Å². The van der Waals surface area contributed by atoms with Gasteiger partial charge >= 0.3 is 5.97 Å². The van der Waals surface area contributed by atoms with Crippen LogP contribution in [0.3, 0.4) is 0 Å². The molecular weight excluding hydrogens is 224 g/mol. The molecule has 16 heavy (non-hydrogen) atoms. The van der Waals surface area contributed by atoms with E-state index in [0.717, 1.165) is 0 Å². The third-order valence-electron chi connectivity index (χ3n) is 1.76. The number of halogens is 2. The second-order valence-corrected chi connectivity index (χ2v) is 3.08. The molecule has 1 atom stereocenters. The summed E-state index contributed by atoms with van der Waals surface area (Å²) in [7, 11) is 0.